The molecular formula is C14H9N3S2. The molecule has 3 heterocycles. The third-order valence-corrected chi connectivity index (χ3v) is 4.63. The molecule has 0 aromatic carbocycles. The Bertz CT molecular complexity index is 765. The van der Waals surface area contributed by atoms with Gasteiger partial charge >= 0.3 is 0 Å². The smallest absolute Gasteiger partial charge is 0.125 e. The maximum absolute atomic E-state index is 8.85. The standard InChI is InChI=1S/C14H9N3S2/c1-9-4-5-16-7-11(9)14-17-12(8-18-14)13-3-2-10(6-15)19-13/h2-5,7-8H,1H3. The molecule has 5 heteroatoms. The first kappa shape index (κ1) is 12.0. The van der Waals surface area contributed by atoms with Crippen LogP contribution in [0.3, 0.4) is 0 Å². The molecule has 0 atom stereocenters. The summed E-state index contributed by atoms with van der Waals surface area (Å²) in [7, 11) is 0. The molecule has 3 nitrogen and oxygen atoms in total. The highest BCUT2D eigenvalue weighted by Crippen LogP contribution is 2.33. The number of thiazole rings is 1. The first-order chi connectivity index (χ1) is 9.28. The summed E-state index contributed by atoms with van der Waals surface area (Å²) in [4.78, 5) is 10.5. The molecule has 19 heavy (non-hydrogen) atoms. The van der Waals surface area contributed by atoms with Crippen molar-refractivity contribution in [2.75, 3.05) is 0 Å². The Morgan fingerprint density at radius 2 is 2.16 bits per heavy atom. The van der Waals surface area contributed by atoms with Crippen molar-refractivity contribution < 1.29 is 0 Å². The summed E-state index contributed by atoms with van der Waals surface area (Å²) in [5.41, 5.74) is 3.16. The number of nitriles is 1. The summed E-state index contributed by atoms with van der Waals surface area (Å²) in [6.07, 6.45) is 3.62. The van der Waals surface area contributed by atoms with Crippen LogP contribution in [0.5, 0.6) is 0 Å². The fourth-order valence-electron chi connectivity index (χ4n) is 1.73. The maximum Gasteiger partial charge on any atom is 0.125 e. The zero-order chi connectivity index (χ0) is 13.2. The summed E-state index contributed by atoms with van der Waals surface area (Å²) in [6, 6.07) is 7.90. The zero-order valence-electron chi connectivity index (χ0n) is 10.1. The Morgan fingerprint density at radius 1 is 1.26 bits per heavy atom. The quantitative estimate of drug-likeness (QED) is 0.711. The van der Waals surface area contributed by atoms with Crippen molar-refractivity contribution in [3.63, 3.8) is 0 Å². The van der Waals surface area contributed by atoms with Crippen molar-refractivity contribution in [2.24, 2.45) is 0 Å². The van der Waals surface area contributed by atoms with E-state index in [2.05, 4.69) is 23.0 Å². The van der Waals surface area contributed by atoms with Crippen LogP contribution in [0.15, 0.2) is 36.0 Å². The van der Waals surface area contributed by atoms with Crippen LogP contribution in [0.25, 0.3) is 21.1 Å². The van der Waals surface area contributed by atoms with Gasteiger partial charge in [-0.05, 0) is 30.7 Å². The molecule has 3 rings (SSSR count). The number of hydrogen-bond donors (Lipinski definition) is 0. The number of thiophene rings is 1. The van der Waals surface area contributed by atoms with E-state index in [0.717, 1.165) is 21.1 Å². The predicted molar refractivity (Wildman–Crippen MR) is 78.1 cm³/mol. The fourth-order valence-corrected chi connectivity index (χ4v) is 3.47. The molecule has 0 saturated carbocycles. The lowest BCUT2D eigenvalue weighted by atomic mass is 10.2. The second-order valence-electron chi connectivity index (χ2n) is 4.00. The molecule has 0 aliphatic heterocycles. The van der Waals surface area contributed by atoms with Crippen LogP contribution >= 0.6 is 22.7 Å². The van der Waals surface area contributed by atoms with Gasteiger partial charge in [0.15, 0.2) is 0 Å². The number of hydrogen-bond acceptors (Lipinski definition) is 5. The largest absolute Gasteiger partial charge is 0.264 e. The third kappa shape index (κ3) is 2.28. The van der Waals surface area contributed by atoms with E-state index in [1.165, 1.54) is 16.9 Å². The van der Waals surface area contributed by atoms with E-state index < -0.39 is 0 Å². The van der Waals surface area contributed by atoms with Crippen molar-refractivity contribution in [3.05, 3.63) is 46.4 Å². The minimum Gasteiger partial charge on any atom is -0.264 e. The lowest BCUT2D eigenvalue weighted by Gasteiger charge is -1.99. The van der Waals surface area contributed by atoms with Gasteiger partial charge in [0.05, 0.1) is 10.6 Å². The van der Waals surface area contributed by atoms with E-state index in [1.54, 1.807) is 17.5 Å². The van der Waals surface area contributed by atoms with Gasteiger partial charge in [-0.15, -0.1) is 22.7 Å². The lowest BCUT2D eigenvalue weighted by molar-refractivity contribution is 1.27. The van der Waals surface area contributed by atoms with Crippen molar-refractivity contribution in [3.8, 4) is 27.2 Å². The number of nitrogens with zero attached hydrogens (tertiary/aromatic N) is 3. The molecule has 0 N–H and O–H groups in total. The number of pyridine rings is 1. The molecule has 92 valence electrons. The second-order valence-corrected chi connectivity index (χ2v) is 5.95. The van der Waals surface area contributed by atoms with Gasteiger partial charge < -0.3 is 0 Å². The Kier molecular flexibility index (Phi) is 3.11. The van der Waals surface area contributed by atoms with E-state index >= 15 is 0 Å². The van der Waals surface area contributed by atoms with Crippen molar-refractivity contribution >= 4 is 22.7 Å². The van der Waals surface area contributed by atoms with E-state index in [-0.39, 0.29) is 0 Å². The topological polar surface area (TPSA) is 49.6 Å². The minimum absolute atomic E-state index is 0.710. The fraction of sp³-hybridized carbons (Fsp3) is 0.0714. The maximum atomic E-state index is 8.85. The van der Waals surface area contributed by atoms with Crippen LogP contribution in [-0.2, 0) is 0 Å². The molecule has 0 radical (unpaired) electrons. The van der Waals surface area contributed by atoms with E-state index in [4.69, 9.17) is 5.26 Å². The van der Waals surface area contributed by atoms with E-state index in [1.807, 2.05) is 29.8 Å². The Balaban J connectivity index is 2.00. The lowest BCUT2D eigenvalue weighted by Crippen LogP contribution is -1.83. The highest BCUT2D eigenvalue weighted by molar-refractivity contribution is 7.17. The number of aryl methyl sites for hydroxylation is 1. The molecule has 0 amide bonds. The van der Waals surface area contributed by atoms with Gasteiger partial charge in [-0.2, -0.15) is 5.26 Å². The molecule has 0 aliphatic carbocycles. The molecule has 3 aromatic heterocycles. The van der Waals surface area contributed by atoms with Gasteiger partial charge in [-0.3, -0.25) is 4.98 Å². The Labute approximate surface area is 118 Å². The molecule has 3 aromatic rings. The van der Waals surface area contributed by atoms with Gasteiger partial charge in [-0.25, -0.2) is 4.98 Å². The average molecular weight is 283 g/mol. The summed E-state index contributed by atoms with van der Waals surface area (Å²) < 4.78 is 0. The second kappa shape index (κ2) is 4.92. The summed E-state index contributed by atoms with van der Waals surface area (Å²) in [6.45, 7) is 2.05. The van der Waals surface area contributed by atoms with Gasteiger partial charge in [0, 0.05) is 23.3 Å². The highest BCUT2D eigenvalue weighted by atomic mass is 32.1. The van der Waals surface area contributed by atoms with Crippen LogP contribution in [0.2, 0.25) is 0 Å². The molecule has 0 bridgehead atoms. The molecular weight excluding hydrogens is 274 g/mol. The van der Waals surface area contributed by atoms with Crippen LogP contribution in [0.1, 0.15) is 10.4 Å². The molecule has 0 unspecified atom stereocenters. The number of aromatic nitrogens is 2. The van der Waals surface area contributed by atoms with E-state index in [0.29, 0.717) is 4.88 Å². The highest BCUT2D eigenvalue weighted by Gasteiger charge is 2.10. The van der Waals surface area contributed by atoms with Crippen LogP contribution in [-0.4, -0.2) is 9.97 Å². The predicted octanol–water partition coefficient (Wildman–Crippen LogP) is 4.11. The summed E-state index contributed by atoms with van der Waals surface area (Å²) in [5.74, 6) is 0. The van der Waals surface area contributed by atoms with E-state index in [9.17, 15) is 0 Å². The first-order valence-electron chi connectivity index (χ1n) is 5.65. The van der Waals surface area contributed by atoms with Gasteiger partial charge in [0.25, 0.3) is 0 Å². The van der Waals surface area contributed by atoms with Crippen molar-refractivity contribution in [2.45, 2.75) is 6.92 Å². The molecule has 0 spiro atoms. The molecule has 0 fully saturated rings. The van der Waals surface area contributed by atoms with Crippen LogP contribution in [0.4, 0.5) is 0 Å². The van der Waals surface area contributed by atoms with Crippen molar-refractivity contribution in [1.29, 1.82) is 5.26 Å². The van der Waals surface area contributed by atoms with Gasteiger partial charge in [0.2, 0.25) is 0 Å². The molecule has 0 saturated heterocycles. The first-order valence-corrected chi connectivity index (χ1v) is 7.34. The van der Waals surface area contributed by atoms with Gasteiger partial charge in [-0.1, -0.05) is 0 Å². The van der Waals surface area contributed by atoms with Gasteiger partial charge in [0.1, 0.15) is 16.0 Å². The Morgan fingerprint density at radius 3 is 2.89 bits per heavy atom. The third-order valence-electron chi connectivity index (χ3n) is 2.74. The minimum atomic E-state index is 0.710. The zero-order valence-corrected chi connectivity index (χ0v) is 11.8. The molecule has 0 aliphatic rings. The monoisotopic (exact) mass is 283 g/mol. The summed E-state index contributed by atoms with van der Waals surface area (Å²) in [5, 5.41) is 11.8. The number of rotatable bonds is 2. The van der Waals surface area contributed by atoms with Crippen LogP contribution < -0.4 is 0 Å². The van der Waals surface area contributed by atoms with Crippen LogP contribution in [0, 0.1) is 18.3 Å². The summed E-state index contributed by atoms with van der Waals surface area (Å²) >= 11 is 3.07. The van der Waals surface area contributed by atoms with Crippen molar-refractivity contribution in [1.82, 2.24) is 9.97 Å². The average Bonchev–Trinajstić information content (AvgIpc) is 3.08. The SMILES string of the molecule is Cc1ccncc1-c1nc(-c2ccc(C#N)s2)cs1. The Hall–Kier alpha value is -2.03. The normalized spacial score (nSPS) is 10.3.